The fourth-order valence-corrected chi connectivity index (χ4v) is 1.37. The molecule has 0 amide bonds. The Morgan fingerprint density at radius 1 is 1.44 bits per heavy atom. The molecule has 0 aromatic heterocycles. The maximum atomic E-state index is 12.9. The summed E-state index contributed by atoms with van der Waals surface area (Å²) < 4.78 is 18.4. The maximum Gasteiger partial charge on any atom is 0.130 e. The van der Waals surface area contributed by atoms with E-state index in [-0.39, 0.29) is 5.84 Å². The number of hydrogen-bond donors (Lipinski definition) is 2. The Morgan fingerprint density at radius 2 is 2.19 bits per heavy atom. The first-order valence-electron chi connectivity index (χ1n) is 5.42. The molecule has 0 aliphatic rings. The first kappa shape index (κ1) is 12.5. The molecule has 0 aliphatic carbocycles. The number of halogens is 1. The van der Waals surface area contributed by atoms with Crippen molar-refractivity contribution in [1.82, 2.24) is 0 Å². The van der Waals surface area contributed by atoms with E-state index in [1.807, 2.05) is 0 Å². The summed E-state index contributed by atoms with van der Waals surface area (Å²) in [5.74, 6) is -0.110. The number of nitrogen functional groups attached to an aromatic ring is 1. The Labute approximate surface area is 94.9 Å². The van der Waals surface area contributed by atoms with Crippen LogP contribution < -0.4 is 10.5 Å². The molecule has 0 spiro atoms. The molecule has 3 N–H and O–H groups in total. The van der Waals surface area contributed by atoms with Crippen LogP contribution in [0.25, 0.3) is 0 Å². The molecule has 88 valence electrons. The molecule has 3 nitrogen and oxygen atoms in total. The van der Waals surface area contributed by atoms with Crippen molar-refractivity contribution in [1.29, 1.82) is 5.41 Å². The summed E-state index contributed by atoms with van der Waals surface area (Å²) >= 11 is 0. The van der Waals surface area contributed by atoms with Gasteiger partial charge in [0, 0.05) is 0 Å². The molecule has 0 saturated carbocycles. The molecule has 4 heteroatoms. The molecule has 16 heavy (non-hydrogen) atoms. The third kappa shape index (κ3) is 3.53. The van der Waals surface area contributed by atoms with Gasteiger partial charge in [-0.05, 0) is 24.6 Å². The molecule has 0 radical (unpaired) electrons. The zero-order valence-electron chi connectivity index (χ0n) is 9.42. The lowest BCUT2D eigenvalue weighted by Crippen LogP contribution is -2.13. The van der Waals surface area contributed by atoms with Crippen molar-refractivity contribution >= 4 is 5.84 Å². The minimum atomic E-state index is -0.411. The molecule has 0 bridgehead atoms. The Kier molecular flexibility index (Phi) is 4.76. The van der Waals surface area contributed by atoms with Gasteiger partial charge in [-0.25, -0.2) is 4.39 Å². The molecule has 1 aromatic rings. The minimum Gasteiger partial charge on any atom is -0.493 e. The van der Waals surface area contributed by atoms with Gasteiger partial charge < -0.3 is 10.5 Å². The maximum absolute atomic E-state index is 12.9. The SMILES string of the molecule is CCCCCOc1ccc(F)cc1C(=N)N. The number of rotatable bonds is 6. The van der Waals surface area contributed by atoms with Crippen molar-refractivity contribution in [3.8, 4) is 5.75 Å². The standard InChI is InChI=1S/C12H17FN2O/c1-2-3-4-7-16-11-6-5-9(13)8-10(11)12(14)15/h5-6,8H,2-4,7H2,1H3,(H3,14,15). The van der Waals surface area contributed by atoms with E-state index in [2.05, 4.69) is 6.92 Å². The van der Waals surface area contributed by atoms with Gasteiger partial charge >= 0.3 is 0 Å². The monoisotopic (exact) mass is 224 g/mol. The number of ether oxygens (including phenoxy) is 1. The van der Waals surface area contributed by atoms with Crippen LogP contribution in [0.1, 0.15) is 31.7 Å². The van der Waals surface area contributed by atoms with Crippen molar-refractivity contribution in [3.63, 3.8) is 0 Å². The Morgan fingerprint density at radius 3 is 2.81 bits per heavy atom. The lowest BCUT2D eigenvalue weighted by molar-refractivity contribution is 0.305. The summed E-state index contributed by atoms with van der Waals surface area (Å²) in [7, 11) is 0. The zero-order chi connectivity index (χ0) is 12.0. The van der Waals surface area contributed by atoms with Gasteiger partial charge in [0.1, 0.15) is 17.4 Å². The third-order valence-corrected chi connectivity index (χ3v) is 2.24. The first-order chi connectivity index (χ1) is 7.65. The highest BCUT2D eigenvalue weighted by molar-refractivity contribution is 5.97. The van der Waals surface area contributed by atoms with Gasteiger partial charge in [0.2, 0.25) is 0 Å². The Bertz CT molecular complexity index is 366. The lowest BCUT2D eigenvalue weighted by Gasteiger charge is -2.10. The van der Waals surface area contributed by atoms with Crippen LogP contribution in [0.3, 0.4) is 0 Å². The fraction of sp³-hybridized carbons (Fsp3) is 0.417. The van der Waals surface area contributed by atoms with Crippen molar-refractivity contribution in [2.24, 2.45) is 5.73 Å². The van der Waals surface area contributed by atoms with Gasteiger partial charge in [-0.2, -0.15) is 0 Å². The summed E-state index contributed by atoms with van der Waals surface area (Å²) in [5, 5.41) is 7.32. The predicted octanol–water partition coefficient (Wildman–Crippen LogP) is 2.68. The van der Waals surface area contributed by atoms with E-state index in [1.54, 1.807) is 0 Å². The van der Waals surface area contributed by atoms with E-state index < -0.39 is 5.82 Å². The number of nitrogens with two attached hydrogens (primary N) is 1. The van der Waals surface area contributed by atoms with Crippen molar-refractivity contribution < 1.29 is 9.13 Å². The highest BCUT2D eigenvalue weighted by Gasteiger charge is 2.07. The number of benzene rings is 1. The number of amidine groups is 1. The first-order valence-corrected chi connectivity index (χ1v) is 5.42. The molecular formula is C12H17FN2O. The van der Waals surface area contributed by atoms with Crippen LogP contribution >= 0.6 is 0 Å². The molecule has 0 atom stereocenters. The normalized spacial score (nSPS) is 10.1. The van der Waals surface area contributed by atoms with E-state index in [0.29, 0.717) is 17.9 Å². The summed E-state index contributed by atoms with van der Waals surface area (Å²) in [5.41, 5.74) is 5.67. The molecule has 0 saturated heterocycles. The largest absolute Gasteiger partial charge is 0.493 e. The zero-order valence-corrected chi connectivity index (χ0v) is 9.42. The smallest absolute Gasteiger partial charge is 0.130 e. The fourth-order valence-electron chi connectivity index (χ4n) is 1.37. The second kappa shape index (κ2) is 6.10. The molecule has 1 rings (SSSR count). The summed E-state index contributed by atoms with van der Waals surface area (Å²) in [6.45, 7) is 2.68. The minimum absolute atomic E-state index is 0.176. The van der Waals surface area contributed by atoms with Crippen molar-refractivity contribution in [3.05, 3.63) is 29.6 Å². The molecular weight excluding hydrogens is 207 g/mol. The number of hydrogen-bond acceptors (Lipinski definition) is 2. The molecule has 0 fully saturated rings. The number of unbranched alkanes of at least 4 members (excludes halogenated alkanes) is 2. The van der Waals surface area contributed by atoms with Gasteiger partial charge in [0.25, 0.3) is 0 Å². The highest BCUT2D eigenvalue weighted by Crippen LogP contribution is 2.19. The van der Waals surface area contributed by atoms with E-state index in [4.69, 9.17) is 15.9 Å². The van der Waals surface area contributed by atoms with Crippen LogP contribution in [0.5, 0.6) is 5.75 Å². The van der Waals surface area contributed by atoms with E-state index >= 15 is 0 Å². The average Bonchev–Trinajstić information content (AvgIpc) is 2.26. The van der Waals surface area contributed by atoms with Gasteiger partial charge in [-0.3, -0.25) is 5.41 Å². The van der Waals surface area contributed by atoms with Crippen LogP contribution in [0.15, 0.2) is 18.2 Å². The second-order valence-corrected chi connectivity index (χ2v) is 3.61. The Hall–Kier alpha value is -1.58. The molecule has 0 aliphatic heterocycles. The van der Waals surface area contributed by atoms with Crippen LogP contribution in [-0.4, -0.2) is 12.4 Å². The van der Waals surface area contributed by atoms with Crippen LogP contribution in [0.2, 0.25) is 0 Å². The molecule has 1 aromatic carbocycles. The van der Waals surface area contributed by atoms with E-state index in [1.165, 1.54) is 18.2 Å². The Balaban J connectivity index is 2.67. The molecule has 0 unspecified atom stereocenters. The third-order valence-electron chi connectivity index (χ3n) is 2.24. The van der Waals surface area contributed by atoms with Gasteiger partial charge in [-0.15, -0.1) is 0 Å². The molecule has 0 heterocycles. The van der Waals surface area contributed by atoms with E-state index in [0.717, 1.165) is 19.3 Å². The van der Waals surface area contributed by atoms with Crippen LogP contribution in [-0.2, 0) is 0 Å². The van der Waals surface area contributed by atoms with Crippen molar-refractivity contribution in [2.75, 3.05) is 6.61 Å². The lowest BCUT2D eigenvalue weighted by atomic mass is 10.2. The summed E-state index contributed by atoms with van der Waals surface area (Å²) in [6.07, 6.45) is 3.16. The van der Waals surface area contributed by atoms with Gasteiger partial charge in [0.05, 0.1) is 12.2 Å². The topological polar surface area (TPSA) is 59.1 Å². The highest BCUT2D eigenvalue weighted by atomic mass is 19.1. The van der Waals surface area contributed by atoms with Gasteiger partial charge in [0.15, 0.2) is 0 Å². The van der Waals surface area contributed by atoms with E-state index in [9.17, 15) is 4.39 Å². The van der Waals surface area contributed by atoms with Crippen LogP contribution in [0, 0.1) is 11.2 Å². The van der Waals surface area contributed by atoms with Gasteiger partial charge in [-0.1, -0.05) is 19.8 Å². The predicted molar refractivity (Wildman–Crippen MR) is 62.4 cm³/mol. The summed E-state index contributed by atoms with van der Waals surface area (Å²) in [6, 6.07) is 4.04. The van der Waals surface area contributed by atoms with Crippen molar-refractivity contribution in [2.45, 2.75) is 26.2 Å². The van der Waals surface area contributed by atoms with Crippen LogP contribution in [0.4, 0.5) is 4.39 Å². The second-order valence-electron chi connectivity index (χ2n) is 3.61. The summed E-state index contributed by atoms with van der Waals surface area (Å²) in [4.78, 5) is 0. The number of nitrogens with one attached hydrogen (secondary N) is 1. The quantitative estimate of drug-likeness (QED) is 0.443. The average molecular weight is 224 g/mol.